The third-order valence-electron chi connectivity index (χ3n) is 3.03. The van der Waals surface area contributed by atoms with Crippen molar-refractivity contribution in [1.82, 2.24) is 4.98 Å². The maximum atomic E-state index is 11.0. The number of aromatic carboxylic acids is 1. The van der Waals surface area contributed by atoms with Crippen LogP contribution in [-0.2, 0) is 0 Å². The third kappa shape index (κ3) is 1.60. The second kappa shape index (κ2) is 3.61. The van der Waals surface area contributed by atoms with Crippen LogP contribution in [-0.4, -0.2) is 29.1 Å². The lowest BCUT2D eigenvalue weighted by molar-refractivity contribution is 0.0690. The summed E-state index contributed by atoms with van der Waals surface area (Å²) in [6.07, 6.45) is 2.40. The molecular formula is C11H16N2O2. The number of hydrogen-bond donors (Lipinski definition) is 2. The molecule has 0 spiro atoms. The van der Waals surface area contributed by atoms with Crippen molar-refractivity contribution < 1.29 is 9.90 Å². The summed E-state index contributed by atoms with van der Waals surface area (Å²) < 4.78 is 0. The number of H-pyrrole nitrogens is 1. The molecule has 0 unspecified atom stereocenters. The molecule has 4 nitrogen and oxygen atoms in total. The molecule has 1 fully saturated rings. The number of hydrogen-bond acceptors (Lipinski definition) is 2. The molecule has 0 atom stereocenters. The highest BCUT2D eigenvalue weighted by molar-refractivity contribution is 5.90. The van der Waals surface area contributed by atoms with Gasteiger partial charge in [0.2, 0.25) is 0 Å². The fourth-order valence-electron chi connectivity index (χ4n) is 2.37. The van der Waals surface area contributed by atoms with Crippen LogP contribution < -0.4 is 4.90 Å². The zero-order valence-electron chi connectivity index (χ0n) is 9.13. The van der Waals surface area contributed by atoms with E-state index in [-0.39, 0.29) is 0 Å². The maximum Gasteiger partial charge on any atom is 0.352 e. The monoisotopic (exact) mass is 208 g/mol. The number of carboxylic acids is 1. The quantitative estimate of drug-likeness (QED) is 0.780. The minimum Gasteiger partial charge on any atom is -0.477 e. The Bertz CT molecular complexity index is 390. The summed E-state index contributed by atoms with van der Waals surface area (Å²) in [5.74, 6) is -0.874. The van der Waals surface area contributed by atoms with Crippen LogP contribution in [0.3, 0.4) is 0 Å². The molecule has 0 saturated carbocycles. The van der Waals surface area contributed by atoms with Crippen molar-refractivity contribution in [3.8, 4) is 0 Å². The van der Waals surface area contributed by atoms with Gasteiger partial charge in [0, 0.05) is 24.3 Å². The molecule has 82 valence electrons. The van der Waals surface area contributed by atoms with Gasteiger partial charge in [0.1, 0.15) is 5.69 Å². The first kappa shape index (κ1) is 10.1. The molecular weight excluding hydrogens is 192 g/mol. The number of aromatic amines is 1. The molecule has 2 heterocycles. The van der Waals surface area contributed by atoms with E-state index in [0.717, 1.165) is 30.0 Å². The minimum atomic E-state index is -0.874. The number of anilines is 1. The van der Waals surface area contributed by atoms with Gasteiger partial charge in [-0.3, -0.25) is 0 Å². The SMILES string of the molecule is Cc1[nH]c(C(=O)O)c(C)c1N1CCCC1. The third-order valence-corrected chi connectivity index (χ3v) is 3.03. The van der Waals surface area contributed by atoms with E-state index in [4.69, 9.17) is 5.11 Å². The van der Waals surface area contributed by atoms with E-state index < -0.39 is 5.97 Å². The highest BCUT2D eigenvalue weighted by atomic mass is 16.4. The highest BCUT2D eigenvalue weighted by Gasteiger charge is 2.22. The average molecular weight is 208 g/mol. The lowest BCUT2D eigenvalue weighted by Crippen LogP contribution is -2.18. The molecule has 1 aromatic rings. The van der Waals surface area contributed by atoms with Crippen molar-refractivity contribution in [2.24, 2.45) is 0 Å². The van der Waals surface area contributed by atoms with Crippen LogP contribution >= 0.6 is 0 Å². The van der Waals surface area contributed by atoms with Crippen molar-refractivity contribution >= 4 is 11.7 Å². The van der Waals surface area contributed by atoms with Gasteiger partial charge in [0.05, 0.1) is 5.69 Å². The van der Waals surface area contributed by atoms with Crippen LogP contribution in [0.5, 0.6) is 0 Å². The first-order chi connectivity index (χ1) is 7.11. The topological polar surface area (TPSA) is 56.3 Å². The lowest BCUT2D eigenvalue weighted by atomic mass is 10.2. The predicted octanol–water partition coefficient (Wildman–Crippen LogP) is 1.93. The summed E-state index contributed by atoms with van der Waals surface area (Å²) in [5, 5.41) is 9.00. The van der Waals surface area contributed by atoms with Crippen LogP contribution in [0, 0.1) is 13.8 Å². The molecule has 0 radical (unpaired) electrons. The van der Waals surface area contributed by atoms with Gasteiger partial charge in [-0.15, -0.1) is 0 Å². The van der Waals surface area contributed by atoms with E-state index in [1.165, 1.54) is 12.8 Å². The van der Waals surface area contributed by atoms with Gasteiger partial charge in [0.25, 0.3) is 0 Å². The number of aromatic nitrogens is 1. The van der Waals surface area contributed by atoms with Crippen molar-refractivity contribution in [2.45, 2.75) is 26.7 Å². The zero-order chi connectivity index (χ0) is 11.0. The molecule has 1 aromatic heterocycles. The Kier molecular flexibility index (Phi) is 2.42. The number of carboxylic acid groups (broad SMARTS) is 1. The second-order valence-corrected chi connectivity index (χ2v) is 4.10. The fraction of sp³-hybridized carbons (Fsp3) is 0.545. The first-order valence-corrected chi connectivity index (χ1v) is 5.28. The molecule has 4 heteroatoms. The van der Waals surface area contributed by atoms with Gasteiger partial charge in [-0.2, -0.15) is 0 Å². The summed E-state index contributed by atoms with van der Waals surface area (Å²) in [7, 11) is 0. The molecule has 2 rings (SSSR count). The van der Waals surface area contributed by atoms with Gasteiger partial charge in [-0.05, 0) is 26.7 Å². The Morgan fingerprint density at radius 3 is 2.40 bits per heavy atom. The van der Waals surface area contributed by atoms with Crippen molar-refractivity contribution in [1.29, 1.82) is 0 Å². The van der Waals surface area contributed by atoms with Gasteiger partial charge in [-0.1, -0.05) is 0 Å². The van der Waals surface area contributed by atoms with E-state index in [0.29, 0.717) is 5.69 Å². The van der Waals surface area contributed by atoms with Crippen LogP contribution in [0.4, 0.5) is 5.69 Å². The predicted molar refractivity (Wildman–Crippen MR) is 58.7 cm³/mol. The van der Waals surface area contributed by atoms with Crippen molar-refractivity contribution in [3.05, 3.63) is 17.0 Å². The molecule has 1 saturated heterocycles. The fourth-order valence-corrected chi connectivity index (χ4v) is 2.37. The van der Waals surface area contributed by atoms with Crippen LogP contribution in [0.1, 0.15) is 34.6 Å². The number of nitrogens with one attached hydrogen (secondary N) is 1. The molecule has 0 aliphatic carbocycles. The molecule has 0 aromatic carbocycles. The summed E-state index contributed by atoms with van der Waals surface area (Å²) in [5.41, 5.74) is 3.24. The van der Waals surface area contributed by atoms with Gasteiger partial charge in [0.15, 0.2) is 0 Å². The molecule has 0 amide bonds. The maximum absolute atomic E-state index is 11.0. The molecule has 1 aliphatic heterocycles. The van der Waals surface area contributed by atoms with Gasteiger partial charge < -0.3 is 15.0 Å². The molecule has 15 heavy (non-hydrogen) atoms. The van der Waals surface area contributed by atoms with E-state index >= 15 is 0 Å². The Hall–Kier alpha value is -1.45. The normalized spacial score (nSPS) is 16.0. The van der Waals surface area contributed by atoms with Crippen LogP contribution in [0.25, 0.3) is 0 Å². The van der Waals surface area contributed by atoms with E-state index in [1.54, 1.807) is 0 Å². The number of rotatable bonds is 2. The summed E-state index contributed by atoms with van der Waals surface area (Å²) >= 11 is 0. The average Bonchev–Trinajstić information content (AvgIpc) is 2.73. The zero-order valence-corrected chi connectivity index (χ0v) is 9.13. The molecule has 0 bridgehead atoms. The van der Waals surface area contributed by atoms with Crippen LogP contribution in [0.15, 0.2) is 0 Å². The Morgan fingerprint density at radius 1 is 1.33 bits per heavy atom. The lowest BCUT2D eigenvalue weighted by Gasteiger charge is -2.18. The van der Waals surface area contributed by atoms with Crippen LogP contribution in [0.2, 0.25) is 0 Å². The van der Waals surface area contributed by atoms with E-state index in [1.807, 2.05) is 13.8 Å². The van der Waals surface area contributed by atoms with Crippen molar-refractivity contribution in [2.75, 3.05) is 18.0 Å². The standard InChI is InChI=1S/C11H16N2O2/c1-7-9(11(14)15)12-8(2)10(7)13-5-3-4-6-13/h12H,3-6H2,1-2H3,(H,14,15). The Morgan fingerprint density at radius 2 is 1.93 bits per heavy atom. The molecule has 2 N–H and O–H groups in total. The summed E-state index contributed by atoms with van der Waals surface area (Å²) in [6, 6.07) is 0. The number of aryl methyl sites for hydroxylation is 1. The summed E-state index contributed by atoms with van der Waals surface area (Å²) in [4.78, 5) is 16.2. The molecule has 1 aliphatic rings. The number of nitrogens with zero attached hydrogens (tertiary/aromatic N) is 1. The Balaban J connectivity index is 2.42. The largest absolute Gasteiger partial charge is 0.477 e. The minimum absolute atomic E-state index is 0.328. The second-order valence-electron chi connectivity index (χ2n) is 4.10. The van der Waals surface area contributed by atoms with Crippen molar-refractivity contribution in [3.63, 3.8) is 0 Å². The number of carbonyl (C=O) groups is 1. The smallest absolute Gasteiger partial charge is 0.352 e. The van der Waals surface area contributed by atoms with Gasteiger partial charge >= 0.3 is 5.97 Å². The van der Waals surface area contributed by atoms with E-state index in [9.17, 15) is 4.79 Å². The summed E-state index contributed by atoms with van der Waals surface area (Å²) in [6.45, 7) is 5.89. The first-order valence-electron chi connectivity index (χ1n) is 5.28. The van der Waals surface area contributed by atoms with Gasteiger partial charge in [-0.25, -0.2) is 4.79 Å². The Labute approximate surface area is 88.9 Å². The van der Waals surface area contributed by atoms with E-state index in [2.05, 4.69) is 9.88 Å². The highest BCUT2D eigenvalue weighted by Crippen LogP contribution is 2.30.